The number of hydrogen-bond donors (Lipinski definition) is 0. The molecule has 1 aliphatic heterocycles. The summed E-state index contributed by atoms with van der Waals surface area (Å²) in [6.45, 7) is 3.75. The van der Waals surface area contributed by atoms with Crippen LogP contribution in [-0.2, 0) is 4.79 Å². The first-order valence-corrected chi connectivity index (χ1v) is 7.27. The Kier molecular flexibility index (Phi) is 3.27. The molecule has 1 fully saturated rings. The molecule has 5 heteroatoms. The minimum absolute atomic E-state index is 0.0835. The molecule has 3 amide bonds. The molecule has 2 aliphatic rings. The maximum Gasteiger partial charge on any atom is 0.262 e. The van der Waals surface area contributed by atoms with Gasteiger partial charge in [0.1, 0.15) is 6.54 Å². The second kappa shape index (κ2) is 4.98. The van der Waals surface area contributed by atoms with Crippen LogP contribution in [0.3, 0.4) is 0 Å². The standard InChI is InChI=1S/C16H18N2O3/c1-10(2)18(11-7-8-11)14(19)9-17-15(20)12-5-3-4-6-13(12)16(17)21/h3-6,10-11H,7-9H2,1-2H3. The van der Waals surface area contributed by atoms with Crippen LogP contribution < -0.4 is 0 Å². The molecule has 1 aromatic carbocycles. The highest BCUT2D eigenvalue weighted by atomic mass is 16.2. The van der Waals surface area contributed by atoms with E-state index < -0.39 is 0 Å². The van der Waals surface area contributed by atoms with Crippen molar-refractivity contribution in [2.75, 3.05) is 6.54 Å². The highest BCUT2D eigenvalue weighted by Gasteiger charge is 2.40. The van der Waals surface area contributed by atoms with Crippen LogP contribution in [0.2, 0.25) is 0 Å². The summed E-state index contributed by atoms with van der Waals surface area (Å²) in [6.07, 6.45) is 2.01. The van der Waals surface area contributed by atoms with Crippen LogP contribution in [0, 0.1) is 0 Å². The number of fused-ring (bicyclic) bond motifs is 1. The van der Waals surface area contributed by atoms with E-state index in [4.69, 9.17) is 0 Å². The second-order valence-corrected chi connectivity index (χ2v) is 5.87. The molecular weight excluding hydrogens is 268 g/mol. The Morgan fingerprint density at radius 3 is 2.14 bits per heavy atom. The van der Waals surface area contributed by atoms with E-state index in [0.717, 1.165) is 17.7 Å². The fourth-order valence-corrected chi connectivity index (χ4v) is 2.87. The third-order valence-corrected chi connectivity index (χ3v) is 3.96. The van der Waals surface area contributed by atoms with Gasteiger partial charge in [0, 0.05) is 12.1 Å². The van der Waals surface area contributed by atoms with E-state index >= 15 is 0 Å². The molecule has 0 spiro atoms. The lowest BCUT2D eigenvalue weighted by Gasteiger charge is -2.28. The molecule has 1 aromatic rings. The van der Waals surface area contributed by atoms with Gasteiger partial charge in [-0.1, -0.05) is 12.1 Å². The maximum absolute atomic E-state index is 12.4. The molecule has 0 aromatic heterocycles. The topological polar surface area (TPSA) is 57.7 Å². The van der Waals surface area contributed by atoms with Crippen molar-refractivity contribution >= 4 is 17.7 Å². The molecule has 0 unspecified atom stereocenters. The molecule has 21 heavy (non-hydrogen) atoms. The lowest BCUT2D eigenvalue weighted by molar-refractivity contribution is -0.133. The molecule has 1 aliphatic carbocycles. The Bertz CT molecular complexity index is 583. The first-order valence-electron chi connectivity index (χ1n) is 7.27. The monoisotopic (exact) mass is 286 g/mol. The van der Waals surface area contributed by atoms with Gasteiger partial charge in [-0.25, -0.2) is 0 Å². The van der Waals surface area contributed by atoms with Gasteiger partial charge in [-0.05, 0) is 38.8 Å². The fraction of sp³-hybridized carbons (Fsp3) is 0.438. The second-order valence-electron chi connectivity index (χ2n) is 5.87. The normalized spacial score (nSPS) is 17.4. The van der Waals surface area contributed by atoms with Crippen LogP contribution in [0.25, 0.3) is 0 Å². The number of carbonyl (C=O) groups is 3. The predicted molar refractivity (Wildman–Crippen MR) is 76.8 cm³/mol. The van der Waals surface area contributed by atoms with Crippen LogP contribution in [0.1, 0.15) is 47.4 Å². The molecule has 1 heterocycles. The molecule has 5 nitrogen and oxygen atoms in total. The molecule has 0 N–H and O–H groups in total. The molecule has 0 atom stereocenters. The van der Waals surface area contributed by atoms with Gasteiger partial charge in [-0.2, -0.15) is 0 Å². The summed E-state index contributed by atoms with van der Waals surface area (Å²) in [7, 11) is 0. The Balaban J connectivity index is 1.78. The van der Waals surface area contributed by atoms with E-state index in [2.05, 4.69) is 0 Å². The molecule has 0 saturated heterocycles. The minimum atomic E-state index is -0.372. The van der Waals surface area contributed by atoms with Crippen molar-refractivity contribution in [1.29, 1.82) is 0 Å². The quantitative estimate of drug-likeness (QED) is 0.791. The summed E-state index contributed by atoms with van der Waals surface area (Å²) >= 11 is 0. The number of imide groups is 1. The lowest BCUT2D eigenvalue weighted by Crippen LogP contribution is -2.46. The van der Waals surface area contributed by atoms with Crippen LogP contribution in [0.4, 0.5) is 0 Å². The number of carbonyl (C=O) groups excluding carboxylic acids is 3. The average Bonchev–Trinajstić information content (AvgIpc) is 3.24. The molecule has 0 radical (unpaired) electrons. The first-order chi connectivity index (χ1) is 10.0. The zero-order valence-electron chi connectivity index (χ0n) is 12.2. The Morgan fingerprint density at radius 1 is 1.19 bits per heavy atom. The average molecular weight is 286 g/mol. The highest BCUT2D eigenvalue weighted by Crippen LogP contribution is 2.29. The third-order valence-electron chi connectivity index (χ3n) is 3.96. The maximum atomic E-state index is 12.4. The van der Waals surface area contributed by atoms with Crippen molar-refractivity contribution in [3.63, 3.8) is 0 Å². The van der Waals surface area contributed by atoms with E-state index in [0.29, 0.717) is 11.1 Å². The van der Waals surface area contributed by atoms with Crippen LogP contribution in [0.15, 0.2) is 24.3 Å². The molecule has 110 valence electrons. The van der Waals surface area contributed by atoms with Gasteiger partial charge < -0.3 is 4.90 Å². The summed E-state index contributed by atoms with van der Waals surface area (Å²) in [5.74, 6) is -0.895. The van der Waals surface area contributed by atoms with Gasteiger partial charge in [0.15, 0.2) is 0 Å². The largest absolute Gasteiger partial charge is 0.336 e. The van der Waals surface area contributed by atoms with Crippen LogP contribution >= 0.6 is 0 Å². The fourth-order valence-electron chi connectivity index (χ4n) is 2.87. The first kappa shape index (κ1) is 13.8. The van der Waals surface area contributed by atoms with Crippen LogP contribution in [-0.4, -0.2) is 46.1 Å². The molecular formula is C16H18N2O3. The molecule has 1 saturated carbocycles. The van der Waals surface area contributed by atoms with E-state index in [1.807, 2.05) is 13.8 Å². The Hall–Kier alpha value is -2.17. The summed E-state index contributed by atoms with van der Waals surface area (Å²) in [5, 5.41) is 0. The summed E-state index contributed by atoms with van der Waals surface area (Å²) < 4.78 is 0. The van der Waals surface area contributed by atoms with Crippen molar-refractivity contribution < 1.29 is 14.4 Å². The van der Waals surface area contributed by atoms with Gasteiger partial charge in [0.25, 0.3) is 11.8 Å². The van der Waals surface area contributed by atoms with Gasteiger partial charge in [-0.3, -0.25) is 19.3 Å². The minimum Gasteiger partial charge on any atom is -0.336 e. The van der Waals surface area contributed by atoms with Crippen molar-refractivity contribution in [3.05, 3.63) is 35.4 Å². The molecule has 0 bridgehead atoms. The van der Waals surface area contributed by atoms with E-state index in [1.165, 1.54) is 0 Å². The predicted octanol–water partition coefficient (Wildman–Crippen LogP) is 1.68. The Morgan fingerprint density at radius 2 is 1.71 bits per heavy atom. The van der Waals surface area contributed by atoms with Gasteiger partial charge >= 0.3 is 0 Å². The van der Waals surface area contributed by atoms with Gasteiger partial charge in [0.05, 0.1) is 11.1 Å². The van der Waals surface area contributed by atoms with E-state index in [-0.39, 0.29) is 36.3 Å². The highest BCUT2D eigenvalue weighted by molar-refractivity contribution is 6.22. The van der Waals surface area contributed by atoms with Crippen LogP contribution in [0.5, 0.6) is 0 Å². The third kappa shape index (κ3) is 2.33. The summed E-state index contributed by atoms with van der Waals surface area (Å²) in [5.41, 5.74) is 0.774. The van der Waals surface area contributed by atoms with Gasteiger partial charge in [-0.15, -0.1) is 0 Å². The number of hydrogen-bond acceptors (Lipinski definition) is 3. The Labute approximate surface area is 123 Å². The van der Waals surface area contributed by atoms with E-state index in [1.54, 1.807) is 29.2 Å². The van der Waals surface area contributed by atoms with Crippen molar-refractivity contribution in [1.82, 2.24) is 9.80 Å². The number of nitrogens with zero attached hydrogens (tertiary/aromatic N) is 2. The van der Waals surface area contributed by atoms with Crippen molar-refractivity contribution in [2.24, 2.45) is 0 Å². The smallest absolute Gasteiger partial charge is 0.262 e. The summed E-state index contributed by atoms with van der Waals surface area (Å²) in [4.78, 5) is 39.8. The number of amides is 3. The van der Waals surface area contributed by atoms with Crippen molar-refractivity contribution in [3.8, 4) is 0 Å². The van der Waals surface area contributed by atoms with E-state index in [9.17, 15) is 14.4 Å². The number of benzene rings is 1. The number of rotatable bonds is 4. The van der Waals surface area contributed by atoms with Crippen molar-refractivity contribution in [2.45, 2.75) is 38.8 Å². The zero-order chi connectivity index (χ0) is 15.1. The lowest BCUT2D eigenvalue weighted by atomic mass is 10.1. The zero-order valence-corrected chi connectivity index (χ0v) is 12.2. The molecule has 3 rings (SSSR count). The van der Waals surface area contributed by atoms with Gasteiger partial charge in [0.2, 0.25) is 5.91 Å². The summed E-state index contributed by atoms with van der Waals surface area (Å²) in [6, 6.07) is 7.05. The SMILES string of the molecule is CC(C)N(C(=O)CN1C(=O)c2ccccc2C1=O)C1CC1.